The number of rotatable bonds is 5. The first-order valence-corrected chi connectivity index (χ1v) is 9.33. The Morgan fingerprint density at radius 3 is 2.71 bits per heavy atom. The summed E-state index contributed by atoms with van der Waals surface area (Å²) in [6.45, 7) is 9.48. The molecule has 1 nitrogen and oxygen atoms in total. The zero-order valence-electron chi connectivity index (χ0n) is 14.6. The molecule has 120 valence electrons. The summed E-state index contributed by atoms with van der Waals surface area (Å²) in [5.74, 6) is 0.766. The van der Waals surface area contributed by atoms with Crippen molar-refractivity contribution in [1.82, 2.24) is 0 Å². The zero-order chi connectivity index (χ0) is 15.1. The van der Waals surface area contributed by atoms with E-state index in [0.29, 0.717) is 5.41 Å². The highest BCUT2D eigenvalue weighted by atomic mass is 16.5. The second-order valence-electron chi connectivity index (χ2n) is 8.61. The lowest BCUT2D eigenvalue weighted by atomic mass is 9.55. The number of fused-ring (bicyclic) bond motifs is 1. The molecule has 0 amide bonds. The van der Waals surface area contributed by atoms with E-state index in [0.717, 1.165) is 5.92 Å². The summed E-state index contributed by atoms with van der Waals surface area (Å²) >= 11 is 0. The summed E-state index contributed by atoms with van der Waals surface area (Å²) in [5.41, 5.74) is 2.23. The average Bonchev–Trinajstić information content (AvgIpc) is 2.66. The summed E-state index contributed by atoms with van der Waals surface area (Å²) in [5, 5.41) is 0. The Morgan fingerprint density at radius 2 is 1.95 bits per heavy atom. The Labute approximate surface area is 131 Å². The summed E-state index contributed by atoms with van der Waals surface area (Å²) in [7, 11) is 0. The van der Waals surface area contributed by atoms with Crippen molar-refractivity contribution in [3.63, 3.8) is 0 Å². The molecule has 2 bridgehead atoms. The fourth-order valence-electron chi connectivity index (χ4n) is 5.37. The minimum absolute atomic E-state index is 0.0810. The van der Waals surface area contributed by atoms with E-state index in [4.69, 9.17) is 4.74 Å². The van der Waals surface area contributed by atoms with Gasteiger partial charge in [0.05, 0.1) is 11.2 Å². The van der Waals surface area contributed by atoms with Gasteiger partial charge in [-0.1, -0.05) is 39.2 Å². The van der Waals surface area contributed by atoms with Gasteiger partial charge in [0.25, 0.3) is 0 Å². The molecule has 0 aromatic rings. The lowest BCUT2D eigenvalue weighted by molar-refractivity contribution is -0.132. The second-order valence-corrected chi connectivity index (χ2v) is 8.61. The molecule has 2 aliphatic carbocycles. The SMILES string of the molecule is CCCCCCC1=CCC[C@@]2(C)CC[C@@H]3C[C@]12OC3(C)C. The van der Waals surface area contributed by atoms with E-state index >= 15 is 0 Å². The lowest BCUT2D eigenvalue weighted by Gasteiger charge is -2.52. The molecule has 0 radical (unpaired) electrons. The van der Waals surface area contributed by atoms with Crippen LogP contribution in [0, 0.1) is 11.3 Å². The number of unbranched alkanes of at least 4 members (excludes halogenated alkanes) is 3. The first kappa shape index (κ1) is 15.6. The number of ether oxygens (including phenoxy) is 1. The van der Waals surface area contributed by atoms with Crippen LogP contribution in [0.15, 0.2) is 11.6 Å². The van der Waals surface area contributed by atoms with Crippen LogP contribution in [-0.2, 0) is 4.74 Å². The van der Waals surface area contributed by atoms with Gasteiger partial charge in [0.15, 0.2) is 0 Å². The third kappa shape index (κ3) is 2.40. The Morgan fingerprint density at radius 1 is 1.14 bits per heavy atom. The Kier molecular flexibility index (Phi) is 4.01. The third-order valence-corrected chi connectivity index (χ3v) is 6.88. The van der Waals surface area contributed by atoms with Crippen molar-refractivity contribution in [3.8, 4) is 0 Å². The van der Waals surface area contributed by atoms with Gasteiger partial charge in [-0.2, -0.15) is 0 Å². The number of hydrogen-bond donors (Lipinski definition) is 0. The van der Waals surface area contributed by atoms with Crippen molar-refractivity contribution in [2.24, 2.45) is 11.3 Å². The predicted molar refractivity (Wildman–Crippen MR) is 89.4 cm³/mol. The van der Waals surface area contributed by atoms with Crippen molar-refractivity contribution in [1.29, 1.82) is 0 Å². The summed E-state index contributed by atoms with van der Waals surface area (Å²) < 4.78 is 6.87. The Balaban J connectivity index is 1.82. The van der Waals surface area contributed by atoms with Gasteiger partial charge in [-0.25, -0.2) is 0 Å². The first-order chi connectivity index (χ1) is 9.94. The van der Waals surface area contributed by atoms with Gasteiger partial charge >= 0.3 is 0 Å². The van der Waals surface area contributed by atoms with Crippen LogP contribution in [0.4, 0.5) is 0 Å². The maximum absolute atomic E-state index is 6.87. The molecule has 0 N–H and O–H groups in total. The van der Waals surface area contributed by atoms with E-state index in [9.17, 15) is 0 Å². The van der Waals surface area contributed by atoms with Gasteiger partial charge in [-0.3, -0.25) is 0 Å². The number of allylic oxidation sites excluding steroid dienone is 1. The summed E-state index contributed by atoms with van der Waals surface area (Å²) in [6.07, 6.45) is 15.9. The largest absolute Gasteiger partial charge is 0.364 e. The van der Waals surface area contributed by atoms with Crippen LogP contribution < -0.4 is 0 Å². The highest BCUT2D eigenvalue weighted by Gasteiger charge is 2.64. The van der Waals surface area contributed by atoms with Gasteiger partial charge in [-0.05, 0) is 70.3 Å². The Bertz CT molecular complexity index is 422. The monoisotopic (exact) mass is 290 g/mol. The summed E-state index contributed by atoms with van der Waals surface area (Å²) in [4.78, 5) is 0. The second kappa shape index (κ2) is 5.41. The molecule has 1 heterocycles. The van der Waals surface area contributed by atoms with Crippen LogP contribution in [0.2, 0.25) is 0 Å². The van der Waals surface area contributed by atoms with Crippen LogP contribution in [0.5, 0.6) is 0 Å². The van der Waals surface area contributed by atoms with Crippen LogP contribution >= 0.6 is 0 Å². The quantitative estimate of drug-likeness (QED) is 0.443. The minimum atomic E-state index is 0.0810. The van der Waals surface area contributed by atoms with Gasteiger partial charge in [0, 0.05) is 5.41 Å². The van der Waals surface area contributed by atoms with Crippen molar-refractivity contribution in [2.45, 2.75) is 103 Å². The Hall–Kier alpha value is -0.300. The van der Waals surface area contributed by atoms with Gasteiger partial charge in [0.2, 0.25) is 0 Å². The molecule has 2 fully saturated rings. The first-order valence-electron chi connectivity index (χ1n) is 9.33. The topological polar surface area (TPSA) is 9.23 Å². The lowest BCUT2D eigenvalue weighted by Crippen LogP contribution is -2.51. The molecular weight excluding hydrogens is 256 g/mol. The van der Waals surface area contributed by atoms with Crippen molar-refractivity contribution < 1.29 is 4.74 Å². The molecule has 1 heteroatoms. The zero-order valence-corrected chi connectivity index (χ0v) is 14.6. The van der Waals surface area contributed by atoms with Crippen LogP contribution in [0.25, 0.3) is 0 Å². The van der Waals surface area contributed by atoms with Crippen molar-refractivity contribution in [3.05, 3.63) is 11.6 Å². The molecule has 0 aromatic carbocycles. The molecule has 21 heavy (non-hydrogen) atoms. The van der Waals surface area contributed by atoms with E-state index < -0.39 is 0 Å². The molecule has 3 aliphatic rings. The molecule has 0 unspecified atom stereocenters. The molecule has 3 rings (SSSR count). The average molecular weight is 290 g/mol. The molecule has 1 saturated heterocycles. The molecule has 0 aromatic heterocycles. The van der Waals surface area contributed by atoms with Gasteiger partial charge < -0.3 is 4.74 Å². The number of hydrogen-bond acceptors (Lipinski definition) is 1. The molecule has 1 aliphatic heterocycles. The van der Waals surface area contributed by atoms with E-state index in [1.807, 2.05) is 0 Å². The van der Waals surface area contributed by atoms with E-state index in [-0.39, 0.29) is 11.2 Å². The van der Waals surface area contributed by atoms with Crippen LogP contribution in [-0.4, -0.2) is 11.2 Å². The maximum Gasteiger partial charge on any atom is 0.0955 e. The fraction of sp³-hybridized carbons (Fsp3) is 0.900. The maximum atomic E-state index is 6.87. The van der Waals surface area contributed by atoms with Crippen molar-refractivity contribution >= 4 is 0 Å². The minimum Gasteiger partial charge on any atom is -0.364 e. The standard InChI is InChI=1S/C20H34O/c1-5-6-7-8-10-16-11-9-13-19(4)14-12-17-15-20(16,19)21-18(17,2)3/h11,17H,5-10,12-15H2,1-4H3/t17-,19+,20+/m1/s1. The smallest absolute Gasteiger partial charge is 0.0955 e. The normalized spacial score (nSPS) is 40.8. The molecule has 1 spiro atoms. The third-order valence-electron chi connectivity index (χ3n) is 6.88. The van der Waals surface area contributed by atoms with Gasteiger partial charge in [-0.15, -0.1) is 0 Å². The highest BCUT2D eigenvalue weighted by molar-refractivity contribution is 5.31. The van der Waals surface area contributed by atoms with Crippen molar-refractivity contribution in [2.75, 3.05) is 0 Å². The predicted octanol–water partition coefficient (Wildman–Crippen LogP) is 6.03. The van der Waals surface area contributed by atoms with Gasteiger partial charge in [0.1, 0.15) is 0 Å². The van der Waals surface area contributed by atoms with Crippen LogP contribution in [0.1, 0.15) is 91.9 Å². The molecular formula is C20H34O. The molecule has 1 saturated carbocycles. The molecule has 3 atom stereocenters. The van der Waals surface area contributed by atoms with Crippen LogP contribution in [0.3, 0.4) is 0 Å². The van der Waals surface area contributed by atoms with E-state index in [2.05, 4.69) is 33.8 Å². The fourth-order valence-corrected chi connectivity index (χ4v) is 5.37. The van der Waals surface area contributed by atoms with E-state index in [1.165, 1.54) is 64.2 Å². The van der Waals surface area contributed by atoms with E-state index in [1.54, 1.807) is 5.57 Å². The highest BCUT2D eigenvalue weighted by Crippen LogP contribution is 2.65. The summed E-state index contributed by atoms with van der Waals surface area (Å²) in [6, 6.07) is 0.